The van der Waals surface area contributed by atoms with E-state index >= 15 is 0 Å². The normalized spacial score (nSPS) is 15.8. The van der Waals surface area contributed by atoms with Crippen LogP contribution < -0.4 is 5.32 Å². The fraction of sp³-hybridized carbons (Fsp3) is 0.429. The van der Waals surface area contributed by atoms with Gasteiger partial charge in [0.25, 0.3) is 5.69 Å². The van der Waals surface area contributed by atoms with E-state index in [4.69, 9.17) is 0 Å². The van der Waals surface area contributed by atoms with Gasteiger partial charge in [0.2, 0.25) is 0 Å². The topological polar surface area (TPSA) is 58.4 Å². The highest BCUT2D eigenvalue weighted by atomic mass is 16.6. The lowest BCUT2D eigenvalue weighted by Crippen LogP contribution is -2.39. The number of hydrogen-bond acceptors (Lipinski definition) is 4. The molecule has 0 aliphatic carbocycles. The molecule has 0 unspecified atom stereocenters. The van der Waals surface area contributed by atoms with Gasteiger partial charge in [-0.1, -0.05) is 29.8 Å². The molecule has 26 heavy (non-hydrogen) atoms. The molecule has 1 aliphatic rings. The SMILES string of the molecule is Cc1cc(C)c(CN2CCC(Nc3ccccc3[N+](=O)[O-])CC2)c(C)c1. The van der Waals surface area contributed by atoms with Crippen LogP contribution in [0.4, 0.5) is 11.4 Å². The summed E-state index contributed by atoms with van der Waals surface area (Å²) in [7, 11) is 0. The van der Waals surface area contributed by atoms with Gasteiger partial charge in [-0.05, 0) is 56.4 Å². The zero-order valence-electron chi connectivity index (χ0n) is 15.8. The summed E-state index contributed by atoms with van der Waals surface area (Å²) in [5.41, 5.74) is 6.25. The number of rotatable bonds is 5. The number of anilines is 1. The van der Waals surface area contributed by atoms with Crippen LogP contribution in [0.2, 0.25) is 0 Å². The van der Waals surface area contributed by atoms with E-state index in [0.717, 1.165) is 32.5 Å². The molecule has 2 aromatic carbocycles. The molecule has 5 heteroatoms. The van der Waals surface area contributed by atoms with E-state index in [2.05, 4.69) is 43.1 Å². The van der Waals surface area contributed by atoms with Crippen molar-refractivity contribution in [3.63, 3.8) is 0 Å². The summed E-state index contributed by atoms with van der Waals surface area (Å²) >= 11 is 0. The summed E-state index contributed by atoms with van der Waals surface area (Å²) < 4.78 is 0. The lowest BCUT2D eigenvalue weighted by molar-refractivity contribution is -0.384. The summed E-state index contributed by atoms with van der Waals surface area (Å²) in [6, 6.07) is 11.7. The van der Waals surface area contributed by atoms with Crippen LogP contribution in [0.5, 0.6) is 0 Å². The highest BCUT2D eigenvalue weighted by Crippen LogP contribution is 2.27. The highest BCUT2D eigenvalue weighted by Gasteiger charge is 2.22. The quantitative estimate of drug-likeness (QED) is 0.630. The van der Waals surface area contributed by atoms with Gasteiger partial charge in [-0.3, -0.25) is 15.0 Å². The number of nitro benzene ring substituents is 1. The first kappa shape index (κ1) is 18.4. The zero-order valence-corrected chi connectivity index (χ0v) is 15.8. The van der Waals surface area contributed by atoms with Crippen LogP contribution in [0, 0.1) is 30.9 Å². The van der Waals surface area contributed by atoms with Crippen molar-refractivity contribution >= 4 is 11.4 Å². The number of nitrogens with one attached hydrogen (secondary N) is 1. The smallest absolute Gasteiger partial charge is 0.292 e. The van der Waals surface area contributed by atoms with E-state index in [-0.39, 0.29) is 16.7 Å². The Morgan fingerprint density at radius 2 is 1.73 bits per heavy atom. The Hall–Kier alpha value is -2.40. The maximum atomic E-state index is 11.2. The van der Waals surface area contributed by atoms with Gasteiger partial charge in [0.15, 0.2) is 0 Å². The zero-order chi connectivity index (χ0) is 18.7. The summed E-state index contributed by atoms with van der Waals surface area (Å²) in [6.45, 7) is 9.52. The van der Waals surface area contributed by atoms with Crippen LogP contribution in [-0.2, 0) is 6.54 Å². The monoisotopic (exact) mass is 353 g/mol. The van der Waals surface area contributed by atoms with Crippen molar-refractivity contribution in [2.75, 3.05) is 18.4 Å². The van der Waals surface area contributed by atoms with Gasteiger partial charge in [0, 0.05) is 31.7 Å². The predicted molar refractivity (Wildman–Crippen MR) is 106 cm³/mol. The van der Waals surface area contributed by atoms with E-state index in [1.54, 1.807) is 18.2 Å². The Morgan fingerprint density at radius 1 is 1.12 bits per heavy atom. The van der Waals surface area contributed by atoms with E-state index in [1.165, 1.54) is 22.3 Å². The number of benzene rings is 2. The molecule has 0 bridgehead atoms. The fourth-order valence-electron chi connectivity index (χ4n) is 3.89. The molecule has 0 radical (unpaired) electrons. The van der Waals surface area contributed by atoms with Gasteiger partial charge >= 0.3 is 0 Å². The number of hydrogen-bond donors (Lipinski definition) is 1. The lowest BCUT2D eigenvalue weighted by Gasteiger charge is -2.33. The number of aryl methyl sites for hydroxylation is 3. The van der Waals surface area contributed by atoms with Crippen LogP contribution in [0.3, 0.4) is 0 Å². The Labute approximate surface area is 155 Å². The number of likely N-dealkylation sites (tertiary alicyclic amines) is 1. The molecule has 3 rings (SSSR count). The number of nitro groups is 1. The number of piperidine rings is 1. The molecular formula is C21H27N3O2. The van der Waals surface area contributed by atoms with Crippen molar-refractivity contribution in [3.8, 4) is 0 Å². The Kier molecular flexibility index (Phi) is 5.57. The minimum Gasteiger partial charge on any atom is -0.377 e. The Morgan fingerprint density at radius 3 is 2.35 bits per heavy atom. The molecule has 0 aromatic heterocycles. The molecule has 0 saturated carbocycles. The summed E-state index contributed by atoms with van der Waals surface area (Å²) in [6.07, 6.45) is 1.99. The molecule has 0 amide bonds. The van der Waals surface area contributed by atoms with Gasteiger partial charge in [-0.2, -0.15) is 0 Å². The first-order valence-corrected chi connectivity index (χ1v) is 9.23. The minimum absolute atomic E-state index is 0.154. The Balaban J connectivity index is 1.59. The van der Waals surface area contributed by atoms with Crippen molar-refractivity contribution < 1.29 is 4.92 Å². The molecule has 1 aliphatic heterocycles. The van der Waals surface area contributed by atoms with Gasteiger partial charge in [0.05, 0.1) is 4.92 Å². The van der Waals surface area contributed by atoms with Crippen LogP contribution in [0.25, 0.3) is 0 Å². The standard InChI is InChI=1S/C21H27N3O2/c1-15-12-16(2)19(17(3)13-15)14-23-10-8-18(9-11-23)22-20-6-4-5-7-21(20)24(25)26/h4-7,12-13,18,22H,8-11,14H2,1-3H3. The third-order valence-corrected chi connectivity index (χ3v) is 5.27. The molecular weight excluding hydrogens is 326 g/mol. The Bertz CT molecular complexity index is 773. The van der Waals surface area contributed by atoms with Crippen LogP contribution in [0.15, 0.2) is 36.4 Å². The predicted octanol–water partition coefficient (Wildman–Crippen LogP) is 4.60. The van der Waals surface area contributed by atoms with Crippen molar-refractivity contribution in [2.45, 2.75) is 46.2 Å². The second kappa shape index (κ2) is 7.87. The van der Waals surface area contributed by atoms with E-state index in [9.17, 15) is 10.1 Å². The molecule has 1 fully saturated rings. The van der Waals surface area contributed by atoms with Crippen LogP contribution in [-0.4, -0.2) is 29.0 Å². The summed E-state index contributed by atoms with van der Waals surface area (Å²) in [4.78, 5) is 13.3. The lowest BCUT2D eigenvalue weighted by atomic mass is 9.97. The van der Waals surface area contributed by atoms with Gasteiger partial charge in [0.1, 0.15) is 5.69 Å². The highest BCUT2D eigenvalue weighted by molar-refractivity contribution is 5.61. The third kappa shape index (κ3) is 4.22. The number of para-hydroxylation sites is 2. The van der Waals surface area contributed by atoms with Crippen LogP contribution >= 0.6 is 0 Å². The molecule has 1 saturated heterocycles. The molecule has 0 spiro atoms. The molecule has 2 aromatic rings. The van der Waals surface area contributed by atoms with E-state index in [0.29, 0.717) is 5.69 Å². The van der Waals surface area contributed by atoms with Gasteiger partial charge in [-0.15, -0.1) is 0 Å². The third-order valence-electron chi connectivity index (χ3n) is 5.27. The first-order chi connectivity index (χ1) is 12.4. The molecule has 1 heterocycles. The van der Waals surface area contributed by atoms with Gasteiger partial charge in [-0.25, -0.2) is 0 Å². The second-order valence-electron chi connectivity index (χ2n) is 7.35. The van der Waals surface area contributed by atoms with E-state index < -0.39 is 0 Å². The van der Waals surface area contributed by atoms with Crippen molar-refractivity contribution in [1.29, 1.82) is 0 Å². The molecule has 1 N–H and O–H groups in total. The maximum absolute atomic E-state index is 11.2. The largest absolute Gasteiger partial charge is 0.377 e. The van der Waals surface area contributed by atoms with Crippen molar-refractivity contribution in [2.24, 2.45) is 0 Å². The van der Waals surface area contributed by atoms with Crippen molar-refractivity contribution in [3.05, 3.63) is 68.8 Å². The van der Waals surface area contributed by atoms with Crippen molar-refractivity contribution in [1.82, 2.24) is 4.90 Å². The molecule has 138 valence electrons. The maximum Gasteiger partial charge on any atom is 0.292 e. The first-order valence-electron chi connectivity index (χ1n) is 9.23. The average molecular weight is 353 g/mol. The summed E-state index contributed by atoms with van der Waals surface area (Å²) in [5, 5.41) is 14.5. The molecule has 0 atom stereocenters. The van der Waals surface area contributed by atoms with E-state index in [1.807, 2.05) is 6.07 Å². The number of nitrogens with zero attached hydrogens (tertiary/aromatic N) is 2. The second-order valence-corrected chi connectivity index (χ2v) is 7.35. The molecule has 5 nitrogen and oxygen atoms in total. The minimum atomic E-state index is -0.319. The van der Waals surface area contributed by atoms with Crippen LogP contribution in [0.1, 0.15) is 35.1 Å². The van der Waals surface area contributed by atoms with Gasteiger partial charge < -0.3 is 5.32 Å². The average Bonchev–Trinajstić information content (AvgIpc) is 2.60. The fourth-order valence-corrected chi connectivity index (χ4v) is 3.89. The summed E-state index contributed by atoms with van der Waals surface area (Å²) in [5.74, 6) is 0.